The minimum atomic E-state index is -1.79. The predicted octanol–water partition coefficient (Wildman–Crippen LogP) is 8.56. The third kappa shape index (κ3) is 16.4. The fraction of sp³-hybridized carbons (Fsp3) is 0.333. The number of hydrogen-bond donors (Lipinski definition) is 4. The van der Waals surface area contributed by atoms with Gasteiger partial charge in [0.2, 0.25) is 18.3 Å². The number of esters is 4. The summed E-state index contributed by atoms with van der Waals surface area (Å²) in [7, 11) is 5.07. The van der Waals surface area contributed by atoms with Crippen molar-refractivity contribution in [3.63, 3.8) is 0 Å². The number of anilines is 1. The summed E-state index contributed by atoms with van der Waals surface area (Å²) in [5, 5.41) is 11.8. The summed E-state index contributed by atoms with van der Waals surface area (Å²) in [6, 6.07) is 43.0. The van der Waals surface area contributed by atoms with Gasteiger partial charge in [0.25, 0.3) is 11.8 Å². The Kier molecular flexibility index (Phi) is 22.0. The predicted molar refractivity (Wildman–Crippen MR) is 371 cm³/mol. The molecular weight excluding hydrogens is 1280 g/mol. The molecule has 0 radical (unpaired) electrons. The number of aryl methyl sites for hydroxylation is 2. The van der Waals surface area contributed by atoms with Crippen LogP contribution in [-0.4, -0.2) is 181 Å². The van der Waals surface area contributed by atoms with E-state index in [1.165, 1.54) is 6.07 Å². The third-order valence-corrected chi connectivity index (χ3v) is 17.8. The number of benzene rings is 7. The Hall–Kier alpha value is -11.0. The van der Waals surface area contributed by atoms with Gasteiger partial charge in [0.1, 0.15) is 29.9 Å². The first-order valence-electron chi connectivity index (χ1n) is 33.0. The molecule has 0 bridgehead atoms. The average molecular weight is 1360 g/mol. The van der Waals surface area contributed by atoms with E-state index in [4.69, 9.17) is 53.1 Å². The number of hydrogen-bond acceptors (Lipinski definition) is 20. The SMILES string of the molecule is COC(=O)[C@H]1O[C@@H](Oc2ccc(C[N+](C)(CCCN(C)CCNC(=O)c3cccc4nc5cccc(C)c5nc34)CCNC(=O)c3cccc4nc5cccc(C)c5nc34)cc2NC(=O)CCNC(=O)OCC2c3ccccc3-c3ccccc32)[C@@H](OC(C)=O)[C@H](OC(C)=O)[C@@H]1OC(C)=O. The highest BCUT2D eigenvalue weighted by molar-refractivity contribution is 6.07. The van der Waals surface area contributed by atoms with Crippen LogP contribution in [0.4, 0.5) is 10.5 Å². The molecule has 3 heterocycles. The first kappa shape index (κ1) is 70.3. The molecule has 1 saturated heterocycles. The monoisotopic (exact) mass is 1360 g/mol. The van der Waals surface area contributed by atoms with Crippen LogP contribution in [0.25, 0.3) is 55.3 Å². The number of carbonyl (C=O) groups excluding carboxylic acids is 8. The van der Waals surface area contributed by atoms with Gasteiger partial charge in [0.15, 0.2) is 18.3 Å². The average Bonchev–Trinajstić information content (AvgIpc) is 1.36. The molecular formula is C75H79N10O15+. The van der Waals surface area contributed by atoms with E-state index in [0.717, 1.165) is 72.3 Å². The molecule has 518 valence electrons. The molecule has 0 saturated carbocycles. The summed E-state index contributed by atoms with van der Waals surface area (Å²) < 4.78 is 40.5. The number of aromatic nitrogens is 4. The maximum atomic E-state index is 14.3. The quantitative estimate of drug-likeness (QED) is 0.0171. The summed E-state index contributed by atoms with van der Waals surface area (Å²) in [4.78, 5) is 129. The number of rotatable bonds is 26. The molecule has 25 heteroatoms. The molecule has 0 spiro atoms. The van der Waals surface area contributed by atoms with Crippen LogP contribution >= 0.6 is 0 Å². The Bertz CT molecular complexity index is 4580. The summed E-state index contributed by atoms with van der Waals surface area (Å²) in [6.07, 6.45) is -8.98. The van der Waals surface area contributed by atoms with E-state index in [1.54, 1.807) is 36.4 Å². The van der Waals surface area contributed by atoms with Gasteiger partial charge in [-0.05, 0) is 109 Å². The molecule has 1 aliphatic carbocycles. The molecule has 25 nitrogen and oxygen atoms in total. The molecule has 1 fully saturated rings. The zero-order valence-corrected chi connectivity index (χ0v) is 56.8. The maximum Gasteiger partial charge on any atom is 0.407 e. The number of quaternary nitrogens is 1. The number of carbonyl (C=O) groups is 8. The van der Waals surface area contributed by atoms with Crippen molar-refractivity contribution in [1.29, 1.82) is 0 Å². The minimum Gasteiger partial charge on any atom is -0.467 e. The van der Waals surface area contributed by atoms with E-state index >= 15 is 0 Å². The number of nitrogens with one attached hydrogen (secondary N) is 4. The number of ether oxygens (including phenoxy) is 7. The Morgan fingerprint density at radius 1 is 0.570 bits per heavy atom. The van der Waals surface area contributed by atoms with Gasteiger partial charge >= 0.3 is 30.0 Å². The molecule has 2 aromatic heterocycles. The van der Waals surface area contributed by atoms with Crippen molar-refractivity contribution in [3.05, 3.63) is 178 Å². The van der Waals surface area contributed by atoms with Gasteiger partial charge in [0, 0.05) is 71.3 Å². The Morgan fingerprint density at radius 2 is 1.11 bits per heavy atom. The lowest BCUT2D eigenvalue weighted by Gasteiger charge is -2.43. The van der Waals surface area contributed by atoms with E-state index in [1.807, 2.05) is 125 Å². The largest absolute Gasteiger partial charge is 0.467 e. The highest BCUT2D eigenvalue weighted by Crippen LogP contribution is 2.45. The van der Waals surface area contributed by atoms with Crippen molar-refractivity contribution in [1.82, 2.24) is 40.8 Å². The maximum absolute atomic E-state index is 14.3. The van der Waals surface area contributed by atoms with Crippen molar-refractivity contribution in [3.8, 4) is 16.9 Å². The molecule has 100 heavy (non-hydrogen) atoms. The lowest BCUT2D eigenvalue weighted by molar-refractivity contribution is -0.921. The van der Waals surface area contributed by atoms with Gasteiger partial charge in [-0.3, -0.25) is 28.8 Å². The topological polar surface area (TPSA) is 304 Å². The lowest BCUT2D eigenvalue weighted by Crippen LogP contribution is -2.64. The van der Waals surface area contributed by atoms with E-state index < -0.39 is 66.6 Å². The molecule has 9 aromatic rings. The van der Waals surface area contributed by atoms with Crippen molar-refractivity contribution in [2.75, 3.05) is 78.9 Å². The van der Waals surface area contributed by atoms with E-state index in [-0.39, 0.29) is 55.3 Å². The van der Waals surface area contributed by atoms with Crippen LogP contribution in [0.2, 0.25) is 0 Å². The highest BCUT2D eigenvalue weighted by Gasteiger charge is 2.56. The van der Waals surface area contributed by atoms with Gasteiger partial charge in [-0.2, -0.15) is 0 Å². The van der Waals surface area contributed by atoms with Crippen LogP contribution in [0.15, 0.2) is 140 Å². The second-order valence-electron chi connectivity index (χ2n) is 25.2. The van der Waals surface area contributed by atoms with Gasteiger partial charge in [0.05, 0.1) is 83.7 Å². The number of likely N-dealkylation sites (N-methyl/N-ethyl adjacent to an activating group) is 2. The minimum absolute atomic E-state index is 0.0483. The number of fused-ring (bicyclic) bond motifs is 7. The standard InChI is InChI=1S/C75H78N10O15/c1-43-18-13-26-56-63(43)82-65-53(24-15-28-58(65)79-56)71(90)76-34-37-84(6)36-17-38-85(7,39-35-77-72(91)54-25-16-29-59-66(54)83-64-44(2)19-14-27-57(64)80-59)41-48-30-31-61(99-74-70(98-47(5)88)68(97-46(4)87)67(96-45(3)86)69(100-74)73(92)94-8)60(40-48)81-62(89)32-33-78-75(93)95-42-55-51-22-11-9-20-49(51)50-21-10-12-23-52(50)55/h9-16,18-31,40,55,67-70,74H,17,32-39,41-42H2,1-8H3,(H3-,76,77,78,81,89,90,91,93)/p+1/t67-,68+,69-,70-,74+,85?/m0/s1. The zero-order valence-electron chi connectivity index (χ0n) is 56.8. The summed E-state index contributed by atoms with van der Waals surface area (Å²) in [6.45, 7) is 9.90. The summed E-state index contributed by atoms with van der Waals surface area (Å²) in [5.41, 5.74) is 12.6. The van der Waals surface area contributed by atoms with Crippen molar-refractivity contribution >= 4 is 97.5 Å². The first-order chi connectivity index (χ1) is 48.1. The van der Waals surface area contributed by atoms with Gasteiger partial charge in [-0.25, -0.2) is 29.5 Å². The van der Waals surface area contributed by atoms with Crippen molar-refractivity contribution in [2.45, 2.75) is 90.6 Å². The smallest absolute Gasteiger partial charge is 0.407 e. The number of alkyl carbamates (subject to hydrolysis) is 1. The highest BCUT2D eigenvalue weighted by atomic mass is 16.7. The number of amides is 4. The fourth-order valence-electron chi connectivity index (χ4n) is 12.9. The van der Waals surface area contributed by atoms with Crippen LogP contribution < -0.4 is 26.0 Å². The molecule has 4 N–H and O–H groups in total. The van der Waals surface area contributed by atoms with Crippen LogP contribution in [-0.2, 0) is 58.9 Å². The van der Waals surface area contributed by atoms with E-state index in [9.17, 15) is 38.4 Å². The molecule has 7 aromatic carbocycles. The summed E-state index contributed by atoms with van der Waals surface area (Å²) in [5.74, 6) is -5.21. The van der Waals surface area contributed by atoms with E-state index in [2.05, 4.69) is 26.2 Å². The van der Waals surface area contributed by atoms with Crippen molar-refractivity contribution < 1.29 is 76.0 Å². The molecule has 11 rings (SSSR count). The number of para-hydroxylation sites is 4. The molecule has 1 unspecified atom stereocenters. The zero-order chi connectivity index (χ0) is 70.8. The van der Waals surface area contributed by atoms with Crippen LogP contribution in [0.5, 0.6) is 5.75 Å². The van der Waals surface area contributed by atoms with Crippen molar-refractivity contribution in [2.24, 2.45) is 0 Å². The van der Waals surface area contributed by atoms with Gasteiger partial charge in [-0.1, -0.05) is 84.9 Å². The Labute approximate surface area is 576 Å². The lowest BCUT2D eigenvalue weighted by atomic mass is 9.97. The molecule has 6 atom stereocenters. The van der Waals surface area contributed by atoms with Crippen LogP contribution in [0.3, 0.4) is 0 Å². The Morgan fingerprint density at radius 3 is 1.69 bits per heavy atom. The Balaban J connectivity index is 0.839. The van der Waals surface area contributed by atoms with Crippen LogP contribution in [0, 0.1) is 13.8 Å². The second kappa shape index (κ2) is 31.2. The normalized spacial score (nSPS) is 16.9. The number of methoxy groups -OCH3 is 1. The first-order valence-corrected chi connectivity index (χ1v) is 33.0. The molecule has 4 amide bonds. The van der Waals surface area contributed by atoms with Crippen LogP contribution in [0.1, 0.15) is 88.1 Å². The van der Waals surface area contributed by atoms with Gasteiger partial charge < -0.3 is 63.8 Å². The second-order valence-corrected chi connectivity index (χ2v) is 25.2. The fourth-order valence-corrected chi connectivity index (χ4v) is 12.9. The number of nitrogens with zero attached hydrogens (tertiary/aromatic N) is 6. The third-order valence-electron chi connectivity index (χ3n) is 17.8. The molecule has 1 aliphatic heterocycles. The molecule has 2 aliphatic rings. The van der Waals surface area contributed by atoms with E-state index in [0.29, 0.717) is 100.0 Å². The summed E-state index contributed by atoms with van der Waals surface area (Å²) >= 11 is 0. The van der Waals surface area contributed by atoms with Gasteiger partial charge in [-0.15, -0.1) is 0 Å².